The molecule has 0 bridgehead atoms. The number of nitrogens with one attached hydrogen (secondary N) is 1. The molecule has 0 radical (unpaired) electrons. The zero-order valence-electron chi connectivity index (χ0n) is 11.2. The van der Waals surface area contributed by atoms with Crippen LogP contribution in [0.5, 0.6) is 0 Å². The van der Waals surface area contributed by atoms with E-state index in [0.717, 1.165) is 24.2 Å². The Bertz CT molecular complexity index is 601. The number of hydrogen-bond donors (Lipinski definition) is 2. The van der Waals surface area contributed by atoms with E-state index >= 15 is 0 Å². The molecule has 3 N–H and O–H groups in total. The van der Waals surface area contributed by atoms with E-state index in [1.807, 2.05) is 12.4 Å². The van der Waals surface area contributed by atoms with Crippen molar-refractivity contribution in [2.75, 3.05) is 6.54 Å². The summed E-state index contributed by atoms with van der Waals surface area (Å²) in [6, 6.07) is 0.0670. The Morgan fingerprint density at radius 1 is 1.45 bits per heavy atom. The molecule has 1 fully saturated rings. The zero-order valence-corrected chi connectivity index (χ0v) is 11.2. The van der Waals surface area contributed by atoms with Crippen molar-refractivity contribution in [3.8, 4) is 0 Å². The lowest BCUT2D eigenvalue weighted by Gasteiger charge is -2.41. The summed E-state index contributed by atoms with van der Waals surface area (Å²) >= 11 is 0. The normalized spacial score (nSPS) is 29.6. The van der Waals surface area contributed by atoms with E-state index in [-0.39, 0.29) is 17.5 Å². The molecule has 0 aromatic carbocycles. The molecule has 0 saturated heterocycles. The van der Waals surface area contributed by atoms with E-state index in [4.69, 9.17) is 5.73 Å². The molecule has 1 aromatic heterocycles. The van der Waals surface area contributed by atoms with Crippen molar-refractivity contribution in [3.05, 3.63) is 30.2 Å². The van der Waals surface area contributed by atoms with E-state index in [0.29, 0.717) is 6.54 Å². The van der Waals surface area contributed by atoms with Crippen molar-refractivity contribution in [3.63, 3.8) is 0 Å². The minimum atomic E-state index is 0.0390. The molecular formula is C14H18N6. The molecule has 0 amide bonds. The summed E-state index contributed by atoms with van der Waals surface area (Å²) in [6.07, 6.45) is 13.2. The fraction of sp³-hybridized carbons (Fsp3) is 0.500. The van der Waals surface area contributed by atoms with Gasteiger partial charge in [-0.15, -0.1) is 0 Å². The average Bonchev–Trinajstić information content (AvgIpc) is 3.06. The standard InChI is InChI=1S/C14H18N6/c15-8-14(3-1-4-14)20-7-10(6-19-20)12-11-2-5-16-13(11)18-9-17-12/h2,5-7,9,11-12H,1,3-4,8,15H2,(H,16,17,18). The SMILES string of the molecule is NCC1(n2cc(C3N=CN=C4NC=CC43)cn2)CCC1. The molecule has 3 aliphatic rings. The third-order valence-electron chi connectivity index (χ3n) is 4.71. The van der Waals surface area contributed by atoms with Crippen LogP contribution in [0, 0.1) is 5.92 Å². The third-order valence-corrected chi connectivity index (χ3v) is 4.71. The van der Waals surface area contributed by atoms with Crippen LogP contribution in [0.1, 0.15) is 30.9 Å². The number of fused-ring (bicyclic) bond motifs is 1. The summed E-state index contributed by atoms with van der Waals surface area (Å²) in [7, 11) is 0. The van der Waals surface area contributed by atoms with Crippen LogP contribution in [-0.4, -0.2) is 28.5 Å². The topological polar surface area (TPSA) is 80.6 Å². The highest BCUT2D eigenvalue weighted by molar-refractivity contribution is 5.96. The van der Waals surface area contributed by atoms with E-state index in [1.165, 1.54) is 6.42 Å². The van der Waals surface area contributed by atoms with Gasteiger partial charge in [0, 0.05) is 18.3 Å². The first-order chi connectivity index (χ1) is 9.82. The van der Waals surface area contributed by atoms with Gasteiger partial charge in [-0.2, -0.15) is 5.10 Å². The molecule has 1 aromatic rings. The van der Waals surface area contributed by atoms with Gasteiger partial charge in [-0.1, -0.05) is 6.08 Å². The highest BCUT2D eigenvalue weighted by Crippen LogP contribution is 2.39. The molecular weight excluding hydrogens is 252 g/mol. The number of aromatic nitrogens is 2. The van der Waals surface area contributed by atoms with Gasteiger partial charge < -0.3 is 11.1 Å². The van der Waals surface area contributed by atoms with Crippen LogP contribution < -0.4 is 11.1 Å². The van der Waals surface area contributed by atoms with Crippen LogP contribution in [0.2, 0.25) is 0 Å². The van der Waals surface area contributed by atoms with Crippen LogP contribution in [0.3, 0.4) is 0 Å². The first-order valence-corrected chi connectivity index (χ1v) is 7.10. The number of amidine groups is 1. The van der Waals surface area contributed by atoms with Gasteiger partial charge >= 0.3 is 0 Å². The van der Waals surface area contributed by atoms with Crippen LogP contribution in [0.15, 0.2) is 34.7 Å². The molecule has 6 heteroatoms. The molecule has 1 aliphatic carbocycles. The Hall–Kier alpha value is -1.95. The maximum Gasteiger partial charge on any atom is 0.117 e. The van der Waals surface area contributed by atoms with Crippen LogP contribution in [0.4, 0.5) is 0 Å². The summed E-state index contributed by atoms with van der Waals surface area (Å²) in [5, 5.41) is 7.71. The zero-order chi connectivity index (χ0) is 13.6. The Morgan fingerprint density at radius 2 is 2.35 bits per heavy atom. The molecule has 104 valence electrons. The second-order valence-electron chi connectivity index (χ2n) is 5.75. The van der Waals surface area contributed by atoms with Gasteiger partial charge in [0.05, 0.1) is 23.7 Å². The number of aliphatic imine (C=N–C) groups is 2. The highest BCUT2D eigenvalue weighted by Gasteiger charge is 2.39. The van der Waals surface area contributed by atoms with Crippen molar-refractivity contribution in [2.45, 2.75) is 30.8 Å². The maximum atomic E-state index is 5.94. The summed E-state index contributed by atoms with van der Waals surface area (Å²) in [5.74, 6) is 1.17. The van der Waals surface area contributed by atoms with Gasteiger partial charge in [-0.05, 0) is 25.5 Å². The number of rotatable bonds is 3. The van der Waals surface area contributed by atoms with Crippen molar-refractivity contribution >= 4 is 12.2 Å². The van der Waals surface area contributed by atoms with Gasteiger partial charge in [0.2, 0.25) is 0 Å². The molecule has 4 rings (SSSR count). The predicted molar refractivity (Wildman–Crippen MR) is 77.5 cm³/mol. The fourth-order valence-corrected chi connectivity index (χ4v) is 3.22. The smallest absolute Gasteiger partial charge is 0.117 e. The second kappa shape index (κ2) is 4.28. The average molecular weight is 270 g/mol. The first kappa shape index (κ1) is 11.8. The Balaban J connectivity index is 1.64. The molecule has 6 nitrogen and oxygen atoms in total. The van der Waals surface area contributed by atoms with Gasteiger partial charge in [0.25, 0.3) is 0 Å². The maximum absolute atomic E-state index is 5.94. The van der Waals surface area contributed by atoms with Crippen molar-refractivity contribution in [1.29, 1.82) is 0 Å². The van der Waals surface area contributed by atoms with E-state index in [2.05, 4.69) is 37.4 Å². The summed E-state index contributed by atoms with van der Waals surface area (Å²) in [6.45, 7) is 0.652. The Labute approximate surface area is 117 Å². The Kier molecular flexibility index (Phi) is 2.53. The number of nitrogens with zero attached hydrogens (tertiary/aromatic N) is 4. The molecule has 2 atom stereocenters. The van der Waals surface area contributed by atoms with Gasteiger partial charge in [-0.25, -0.2) is 4.99 Å². The predicted octanol–water partition coefficient (Wildman–Crippen LogP) is 0.936. The van der Waals surface area contributed by atoms with Crippen molar-refractivity contribution < 1.29 is 0 Å². The molecule has 20 heavy (non-hydrogen) atoms. The minimum Gasteiger partial charge on any atom is -0.350 e. The summed E-state index contributed by atoms with van der Waals surface area (Å²) < 4.78 is 2.05. The third kappa shape index (κ3) is 1.57. The van der Waals surface area contributed by atoms with Gasteiger partial charge in [-0.3, -0.25) is 9.67 Å². The molecule has 3 heterocycles. The van der Waals surface area contributed by atoms with Gasteiger partial charge in [0.1, 0.15) is 12.2 Å². The monoisotopic (exact) mass is 270 g/mol. The minimum absolute atomic E-state index is 0.0390. The molecule has 2 unspecified atom stereocenters. The van der Waals surface area contributed by atoms with E-state index in [9.17, 15) is 0 Å². The summed E-state index contributed by atoms with van der Waals surface area (Å²) in [4.78, 5) is 8.79. The second-order valence-corrected chi connectivity index (χ2v) is 5.75. The molecule has 1 saturated carbocycles. The Morgan fingerprint density at radius 3 is 3.10 bits per heavy atom. The van der Waals surface area contributed by atoms with E-state index < -0.39 is 0 Å². The fourth-order valence-electron chi connectivity index (χ4n) is 3.22. The largest absolute Gasteiger partial charge is 0.350 e. The molecule has 2 aliphatic heterocycles. The number of hydrogen-bond acceptors (Lipinski definition) is 5. The highest BCUT2D eigenvalue weighted by atomic mass is 15.3. The van der Waals surface area contributed by atoms with E-state index in [1.54, 1.807) is 6.34 Å². The lowest BCUT2D eigenvalue weighted by Crippen LogP contribution is -2.47. The molecule has 0 spiro atoms. The van der Waals surface area contributed by atoms with Crippen LogP contribution in [-0.2, 0) is 5.54 Å². The van der Waals surface area contributed by atoms with Gasteiger partial charge in [0.15, 0.2) is 0 Å². The lowest BCUT2D eigenvalue weighted by molar-refractivity contribution is 0.134. The van der Waals surface area contributed by atoms with Crippen LogP contribution >= 0.6 is 0 Å². The van der Waals surface area contributed by atoms with Crippen molar-refractivity contribution in [1.82, 2.24) is 15.1 Å². The quantitative estimate of drug-likeness (QED) is 0.857. The van der Waals surface area contributed by atoms with Crippen LogP contribution in [0.25, 0.3) is 0 Å². The summed E-state index contributed by atoms with van der Waals surface area (Å²) in [5.41, 5.74) is 7.11. The van der Waals surface area contributed by atoms with Crippen molar-refractivity contribution in [2.24, 2.45) is 21.6 Å². The first-order valence-electron chi connectivity index (χ1n) is 7.10. The lowest BCUT2D eigenvalue weighted by atomic mass is 9.77. The number of nitrogens with two attached hydrogens (primary N) is 1.